The van der Waals surface area contributed by atoms with Crippen LogP contribution in [-0.4, -0.2) is 71.7 Å². The van der Waals surface area contributed by atoms with Gasteiger partial charge in [0, 0.05) is 39.3 Å². The molecule has 3 heterocycles. The molecule has 7 heteroatoms. The Balaban J connectivity index is 1.34. The van der Waals surface area contributed by atoms with Crippen LogP contribution in [0.15, 0.2) is 11.4 Å². The van der Waals surface area contributed by atoms with Gasteiger partial charge in [-0.15, -0.1) is 11.3 Å². The molecule has 2 aliphatic heterocycles. The van der Waals surface area contributed by atoms with Crippen molar-refractivity contribution < 1.29 is 14.4 Å². The Hall–Kier alpha value is -1.89. The minimum absolute atomic E-state index is 0.0786. The molecule has 1 aromatic heterocycles. The van der Waals surface area contributed by atoms with Crippen LogP contribution in [-0.2, 0) is 9.59 Å². The topological polar surface area (TPSA) is 60.9 Å². The molecular formula is C18H23N3O3S. The van der Waals surface area contributed by atoms with E-state index in [0.717, 1.165) is 17.7 Å². The van der Waals surface area contributed by atoms with Gasteiger partial charge < -0.3 is 14.7 Å². The molecular weight excluding hydrogens is 338 g/mol. The lowest BCUT2D eigenvalue weighted by Crippen LogP contribution is -2.54. The third-order valence-corrected chi connectivity index (χ3v) is 6.26. The van der Waals surface area contributed by atoms with Gasteiger partial charge in [-0.1, -0.05) is 0 Å². The highest BCUT2D eigenvalue weighted by Gasteiger charge is 2.34. The SMILES string of the molecule is O=C(C(=O)N1CCN(C(=O)c2sccc2C2CC2)CC1)N1CCCC1. The van der Waals surface area contributed by atoms with Gasteiger partial charge in [-0.3, -0.25) is 14.4 Å². The molecule has 3 fully saturated rings. The molecule has 25 heavy (non-hydrogen) atoms. The fourth-order valence-corrected chi connectivity index (χ4v) is 4.61. The summed E-state index contributed by atoms with van der Waals surface area (Å²) in [5.74, 6) is -0.156. The summed E-state index contributed by atoms with van der Waals surface area (Å²) in [4.78, 5) is 43.3. The summed E-state index contributed by atoms with van der Waals surface area (Å²) in [5, 5.41) is 2.00. The van der Waals surface area contributed by atoms with Crippen molar-refractivity contribution in [2.45, 2.75) is 31.6 Å². The van der Waals surface area contributed by atoms with Gasteiger partial charge in [-0.25, -0.2) is 0 Å². The van der Waals surface area contributed by atoms with Gasteiger partial charge in [0.2, 0.25) is 0 Å². The van der Waals surface area contributed by atoms with E-state index in [1.165, 1.54) is 29.7 Å². The van der Waals surface area contributed by atoms with E-state index >= 15 is 0 Å². The van der Waals surface area contributed by atoms with Crippen molar-refractivity contribution in [2.24, 2.45) is 0 Å². The van der Waals surface area contributed by atoms with Crippen LogP contribution >= 0.6 is 11.3 Å². The average Bonchev–Trinajstić information content (AvgIpc) is 3.14. The molecule has 0 radical (unpaired) electrons. The molecule has 0 N–H and O–H groups in total. The van der Waals surface area contributed by atoms with Crippen molar-refractivity contribution in [3.8, 4) is 0 Å². The van der Waals surface area contributed by atoms with Gasteiger partial charge in [0.05, 0.1) is 4.88 Å². The van der Waals surface area contributed by atoms with Crippen molar-refractivity contribution in [1.82, 2.24) is 14.7 Å². The first-order valence-corrected chi connectivity index (χ1v) is 9.98. The Bertz CT molecular complexity index is 683. The third-order valence-electron chi connectivity index (χ3n) is 5.34. The van der Waals surface area contributed by atoms with Crippen molar-refractivity contribution in [1.29, 1.82) is 0 Å². The molecule has 6 nitrogen and oxygen atoms in total. The first kappa shape index (κ1) is 16.6. The molecule has 3 aliphatic rings. The Labute approximate surface area is 151 Å². The lowest BCUT2D eigenvalue weighted by atomic mass is 10.1. The number of likely N-dealkylation sites (tertiary alicyclic amines) is 1. The molecule has 2 saturated heterocycles. The van der Waals surface area contributed by atoms with E-state index in [0.29, 0.717) is 45.2 Å². The molecule has 0 spiro atoms. The van der Waals surface area contributed by atoms with Crippen molar-refractivity contribution in [2.75, 3.05) is 39.3 Å². The van der Waals surface area contributed by atoms with Crippen LogP contribution in [0.2, 0.25) is 0 Å². The number of carbonyl (C=O) groups is 3. The zero-order valence-electron chi connectivity index (χ0n) is 14.3. The molecule has 1 aromatic rings. The smallest absolute Gasteiger partial charge is 0.312 e. The molecule has 0 atom stereocenters. The Morgan fingerprint density at radius 3 is 2.00 bits per heavy atom. The predicted octanol–water partition coefficient (Wildman–Crippen LogP) is 1.53. The number of hydrogen-bond donors (Lipinski definition) is 0. The zero-order chi connectivity index (χ0) is 17.4. The lowest BCUT2D eigenvalue weighted by Gasteiger charge is -2.35. The standard InChI is InChI=1S/C18H23N3O3S/c22-16(15-14(5-12-25-15)13-3-4-13)20-8-10-21(11-9-20)18(24)17(23)19-6-1-2-7-19/h5,12-13H,1-4,6-11H2. The summed E-state index contributed by atoms with van der Waals surface area (Å²) in [6, 6.07) is 2.07. The first-order chi connectivity index (χ1) is 12.1. The summed E-state index contributed by atoms with van der Waals surface area (Å²) in [7, 11) is 0. The van der Waals surface area contributed by atoms with E-state index in [9.17, 15) is 14.4 Å². The molecule has 1 saturated carbocycles. The second kappa shape index (κ2) is 6.78. The molecule has 0 unspecified atom stereocenters. The van der Waals surface area contributed by atoms with Crippen LogP contribution in [0.5, 0.6) is 0 Å². The molecule has 0 bridgehead atoms. The Morgan fingerprint density at radius 2 is 1.40 bits per heavy atom. The number of carbonyl (C=O) groups excluding carboxylic acids is 3. The largest absolute Gasteiger partial charge is 0.334 e. The van der Waals surface area contributed by atoms with Crippen molar-refractivity contribution in [3.05, 3.63) is 21.9 Å². The van der Waals surface area contributed by atoms with Gasteiger partial charge in [0.1, 0.15) is 0 Å². The van der Waals surface area contributed by atoms with Crippen LogP contribution in [0.4, 0.5) is 0 Å². The highest BCUT2D eigenvalue weighted by molar-refractivity contribution is 7.12. The first-order valence-electron chi connectivity index (χ1n) is 9.10. The van der Waals surface area contributed by atoms with Gasteiger partial charge >= 0.3 is 11.8 Å². The predicted molar refractivity (Wildman–Crippen MR) is 94.6 cm³/mol. The second-order valence-electron chi connectivity index (χ2n) is 7.06. The summed E-state index contributed by atoms with van der Waals surface area (Å²) in [6.07, 6.45) is 4.31. The summed E-state index contributed by atoms with van der Waals surface area (Å²) < 4.78 is 0. The van der Waals surface area contributed by atoms with Crippen molar-refractivity contribution in [3.63, 3.8) is 0 Å². The zero-order valence-corrected chi connectivity index (χ0v) is 15.1. The fraction of sp³-hybridized carbons (Fsp3) is 0.611. The van der Waals surface area contributed by atoms with Crippen LogP contribution in [0, 0.1) is 0 Å². The normalized spacial score (nSPS) is 20.9. The van der Waals surface area contributed by atoms with Gasteiger partial charge in [0.15, 0.2) is 0 Å². The van der Waals surface area contributed by atoms with E-state index in [1.807, 2.05) is 10.3 Å². The van der Waals surface area contributed by atoms with E-state index in [-0.39, 0.29) is 11.8 Å². The van der Waals surface area contributed by atoms with Crippen LogP contribution in [0.3, 0.4) is 0 Å². The fourth-order valence-electron chi connectivity index (χ4n) is 3.66. The van der Waals surface area contributed by atoms with Crippen LogP contribution < -0.4 is 0 Å². The van der Waals surface area contributed by atoms with Crippen LogP contribution in [0.25, 0.3) is 0 Å². The average molecular weight is 361 g/mol. The molecule has 3 amide bonds. The maximum absolute atomic E-state index is 12.8. The number of hydrogen-bond acceptors (Lipinski definition) is 4. The van der Waals surface area contributed by atoms with Gasteiger partial charge in [-0.05, 0) is 48.6 Å². The highest BCUT2D eigenvalue weighted by Crippen LogP contribution is 2.43. The summed E-state index contributed by atoms with van der Waals surface area (Å²) >= 11 is 1.52. The number of piperazine rings is 1. The number of rotatable bonds is 2. The molecule has 134 valence electrons. The Morgan fingerprint density at radius 1 is 0.840 bits per heavy atom. The third kappa shape index (κ3) is 3.29. The summed E-state index contributed by atoms with van der Waals surface area (Å²) in [6.45, 7) is 3.25. The van der Waals surface area contributed by atoms with Gasteiger partial charge in [-0.2, -0.15) is 0 Å². The molecule has 1 aliphatic carbocycles. The lowest BCUT2D eigenvalue weighted by molar-refractivity contribution is -0.152. The van der Waals surface area contributed by atoms with Crippen molar-refractivity contribution >= 4 is 29.1 Å². The van der Waals surface area contributed by atoms with E-state index in [1.54, 1.807) is 9.80 Å². The van der Waals surface area contributed by atoms with E-state index in [2.05, 4.69) is 6.07 Å². The number of thiophene rings is 1. The quantitative estimate of drug-likeness (QED) is 0.751. The van der Waals surface area contributed by atoms with Gasteiger partial charge in [0.25, 0.3) is 5.91 Å². The highest BCUT2D eigenvalue weighted by atomic mass is 32.1. The number of amides is 3. The monoisotopic (exact) mass is 361 g/mol. The summed E-state index contributed by atoms with van der Waals surface area (Å²) in [5.41, 5.74) is 1.19. The van der Waals surface area contributed by atoms with E-state index < -0.39 is 5.91 Å². The molecule has 4 rings (SSSR count). The minimum atomic E-state index is -0.413. The van der Waals surface area contributed by atoms with E-state index in [4.69, 9.17) is 0 Å². The molecule has 0 aromatic carbocycles. The minimum Gasteiger partial charge on any atom is -0.334 e. The number of nitrogens with zero attached hydrogens (tertiary/aromatic N) is 3. The maximum atomic E-state index is 12.8. The second-order valence-corrected chi connectivity index (χ2v) is 7.98. The van der Waals surface area contributed by atoms with Crippen LogP contribution in [0.1, 0.15) is 46.8 Å². The Kier molecular flexibility index (Phi) is 4.50. The maximum Gasteiger partial charge on any atom is 0.312 e.